The highest BCUT2D eigenvalue weighted by atomic mass is 16.3. The topological polar surface area (TPSA) is 57.6 Å². The predicted octanol–water partition coefficient (Wildman–Crippen LogP) is 0.853. The van der Waals surface area contributed by atoms with Crippen LogP contribution in [0, 0.1) is 0 Å². The van der Waals surface area contributed by atoms with E-state index in [2.05, 4.69) is 0 Å². The zero-order chi connectivity index (χ0) is 11.3. The fraction of sp³-hybridized carbons (Fsp3) is 0.636. The number of hydrogen-bond donors (Lipinski definition) is 1. The molecule has 1 N–H and O–H groups in total. The molecule has 84 valence electrons. The van der Waals surface area contributed by atoms with Crippen molar-refractivity contribution in [3.63, 3.8) is 0 Å². The standard InChI is InChI=1S/C11H17NO3/c1-9(13)5-3-2-4-8-12-10(14)6-7-11(12)15/h6-7,10,14H,2-5,8H2,1H3. The second-order valence-corrected chi connectivity index (χ2v) is 3.82. The summed E-state index contributed by atoms with van der Waals surface area (Å²) < 4.78 is 0. The molecule has 1 atom stereocenters. The smallest absolute Gasteiger partial charge is 0.248 e. The number of carbonyl (C=O) groups is 2. The predicted molar refractivity (Wildman–Crippen MR) is 56.0 cm³/mol. The number of aliphatic hydroxyl groups excluding tert-OH is 1. The lowest BCUT2D eigenvalue weighted by Gasteiger charge is -2.19. The van der Waals surface area contributed by atoms with Crippen molar-refractivity contribution < 1.29 is 14.7 Å². The molecular weight excluding hydrogens is 194 g/mol. The summed E-state index contributed by atoms with van der Waals surface area (Å²) >= 11 is 0. The summed E-state index contributed by atoms with van der Waals surface area (Å²) in [7, 11) is 0. The Kier molecular flexibility index (Phi) is 4.49. The highest BCUT2D eigenvalue weighted by molar-refractivity contribution is 5.90. The second kappa shape index (κ2) is 5.66. The van der Waals surface area contributed by atoms with Gasteiger partial charge in [-0.15, -0.1) is 0 Å². The van der Waals surface area contributed by atoms with Crippen LogP contribution in [0.2, 0.25) is 0 Å². The quantitative estimate of drug-likeness (QED) is 0.663. The van der Waals surface area contributed by atoms with E-state index >= 15 is 0 Å². The normalized spacial score (nSPS) is 20.0. The third-order valence-corrected chi connectivity index (χ3v) is 2.44. The third-order valence-electron chi connectivity index (χ3n) is 2.44. The number of carbonyl (C=O) groups excluding carboxylic acids is 2. The van der Waals surface area contributed by atoms with Gasteiger partial charge in [-0.2, -0.15) is 0 Å². The molecule has 4 heteroatoms. The lowest BCUT2D eigenvalue weighted by Crippen LogP contribution is -2.34. The van der Waals surface area contributed by atoms with E-state index in [4.69, 9.17) is 0 Å². The fourth-order valence-corrected chi connectivity index (χ4v) is 1.57. The van der Waals surface area contributed by atoms with Gasteiger partial charge in [-0.05, 0) is 25.8 Å². The van der Waals surface area contributed by atoms with Gasteiger partial charge in [0.1, 0.15) is 12.0 Å². The van der Waals surface area contributed by atoms with Gasteiger partial charge in [0.2, 0.25) is 5.91 Å². The minimum absolute atomic E-state index is 0.130. The molecule has 4 nitrogen and oxygen atoms in total. The Labute approximate surface area is 89.6 Å². The first-order valence-corrected chi connectivity index (χ1v) is 5.27. The molecule has 1 rings (SSSR count). The number of Topliss-reactive ketones (excluding diaryl/α,β-unsaturated/α-hetero) is 1. The van der Waals surface area contributed by atoms with Crippen LogP contribution in [-0.2, 0) is 9.59 Å². The van der Waals surface area contributed by atoms with Crippen molar-refractivity contribution >= 4 is 11.7 Å². The molecule has 0 aliphatic carbocycles. The zero-order valence-corrected chi connectivity index (χ0v) is 8.98. The van der Waals surface area contributed by atoms with Gasteiger partial charge in [0.25, 0.3) is 0 Å². The Bertz CT molecular complexity index is 273. The number of hydrogen-bond acceptors (Lipinski definition) is 3. The lowest BCUT2D eigenvalue weighted by molar-refractivity contribution is -0.130. The molecule has 0 aromatic heterocycles. The molecule has 1 heterocycles. The fourth-order valence-electron chi connectivity index (χ4n) is 1.57. The number of rotatable bonds is 6. The van der Waals surface area contributed by atoms with Gasteiger partial charge in [0, 0.05) is 19.0 Å². The van der Waals surface area contributed by atoms with Crippen molar-refractivity contribution in [2.45, 2.75) is 38.8 Å². The van der Waals surface area contributed by atoms with Gasteiger partial charge in [-0.1, -0.05) is 6.42 Å². The lowest BCUT2D eigenvalue weighted by atomic mass is 10.1. The van der Waals surface area contributed by atoms with Crippen molar-refractivity contribution in [3.8, 4) is 0 Å². The Morgan fingerprint density at radius 2 is 2.20 bits per heavy atom. The van der Waals surface area contributed by atoms with E-state index in [0.717, 1.165) is 19.3 Å². The zero-order valence-electron chi connectivity index (χ0n) is 8.98. The van der Waals surface area contributed by atoms with Gasteiger partial charge in [-0.3, -0.25) is 4.79 Å². The Balaban J connectivity index is 2.10. The molecule has 1 aliphatic heterocycles. The van der Waals surface area contributed by atoms with Gasteiger partial charge < -0.3 is 14.8 Å². The monoisotopic (exact) mass is 211 g/mol. The van der Waals surface area contributed by atoms with Crippen LogP contribution < -0.4 is 0 Å². The third kappa shape index (κ3) is 3.83. The summed E-state index contributed by atoms with van der Waals surface area (Å²) in [4.78, 5) is 23.3. The molecular formula is C11H17NO3. The molecule has 1 amide bonds. The molecule has 15 heavy (non-hydrogen) atoms. The molecule has 1 aliphatic rings. The highest BCUT2D eigenvalue weighted by Crippen LogP contribution is 2.10. The van der Waals surface area contributed by atoms with Crippen molar-refractivity contribution in [3.05, 3.63) is 12.2 Å². The minimum Gasteiger partial charge on any atom is -0.370 e. The van der Waals surface area contributed by atoms with Crippen LogP contribution in [0.4, 0.5) is 0 Å². The van der Waals surface area contributed by atoms with E-state index in [1.165, 1.54) is 17.1 Å². The molecule has 0 saturated heterocycles. The maximum absolute atomic E-state index is 11.2. The van der Waals surface area contributed by atoms with Crippen LogP contribution in [0.1, 0.15) is 32.6 Å². The Hall–Kier alpha value is -1.16. The van der Waals surface area contributed by atoms with Gasteiger partial charge in [0.15, 0.2) is 0 Å². The highest BCUT2D eigenvalue weighted by Gasteiger charge is 2.22. The van der Waals surface area contributed by atoms with E-state index in [-0.39, 0.29) is 11.7 Å². The number of unbranched alkanes of at least 4 members (excludes halogenated alkanes) is 2. The van der Waals surface area contributed by atoms with Crippen LogP contribution in [0.5, 0.6) is 0 Å². The first-order chi connectivity index (χ1) is 7.11. The molecule has 0 fully saturated rings. The van der Waals surface area contributed by atoms with Crippen LogP contribution in [-0.4, -0.2) is 34.5 Å². The molecule has 1 unspecified atom stereocenters. The van der Waals surface area contributed by atoms with Gasteiger partial charge in [-0.25, -0.2) is 0 Å². The summed E-state index contributed by atoms with van der Waals surface area (Å²) in [5, 5.41) is 9.37. The SMILES string of the molecule is CC(=O)CCCCCN1C(=O)C=CC1O. The second-order valence-electron chi connectivity index (χ2n) is 3.82. The van der Waals surface area contributed by atoms with Crippen molar-refractivity contribution in [2.75, 3.05) is 6.54 Å². The van der Waals surface area contributed by atoms with Gasteiger partial charge >= 0.3 is 0 Å². The van der Waals surface area contributed by atoms with Crippen LogP contribution >= 0.6 is 0 Å². The van der Waals surface area contributed by atoms with Crippen LogP contribution in [0.25, 0.3) is 0 Å². The number of amides is 1. The first kappa shape index (κ1) is 11.9. The maximum Gasteiger partial charge on any atom is 0.248 e. The minimum atomic E-state index is -0.759. The number of ketones is 1. The average molecular weight is 211 g/mol. The van der Waals surface area contributed by atoms with E-state index < -0.39 is 6.23 Å². The van der Waals surface area contributed by atoms with Crippen molar-refractivity contribution in [2.24, 2.45) is 0 Å². The van der Waals surface area contributed by atoms with Crippen LogP contribution in [0.3, 0.4) is 0 Å². The van der Waals surface area contributed by atoms with Gasteiger partial charge in [0.05, 0.1) is 0 Å². The van der Waals surface area contributed by atoms with Crippen LogP contribution in [0.15, 0.2) is 12.2 Å². The molecule has 0 aromatic carbocycles. The summed E-state index contributed by atoms with van der Waals surface area (Å²) in [6.45, 7) is 2.14. The number of nitrogens with zero attached hydrogens (tertiary/aromatic N) is 1. The number of aliphatic hydroxyl groups is 1. The summed E-state index contributed by atoms with van der Waals surface area (Å²) in [5.74, 6) is 0.0722. The summed E-state index contributed by atoms with van der Waals surface area (Å²) in [6.07, 6.45) is 5.33. The van der Waals surface area contributed by atoms with Crippen molar-refractivity contribution in [1.29, 1.82) is 0 Å². The first-order valence-electron chi connectivity index (χ1n) is 5.27. The molecule has 0 spiro atoms. The molecule has 0 bridgehead atoms. The van der Waals surface area contributed by atoms with Crippen molar-refractivity contribution in [1.82, 2.24) is 4.90 Å². The molecule has 0 radical (unpaired) electrons. The van der Waals surface area contributed by atoms with E-state index in [1.807, 2.05) is 0 Å². The largest absolute Gasteiger partial charge is 0.370 e. The Morgan fingerprint density at radius 3 is 2.73 bits per heavy atom. The van der Waals surface area contributed by atoms with E-state index in [9.17, 15) is 14.7 Å². The average Bonchev–Trinajstić information content (AvgIpc) is 2.47. The maximum atomic E-state index is 11.2. The molecule has 0 saturated carbocycles. The molecule has 0 aromatic rings. The van der Waals surface area contributed by atoms with E-state index in [1.54, 1.807) is 6.92 Å². The Morgan fingerprint density at radius 1 is 1.47 bits per heavy atom. The van der Waals surface area contributed by atoms with E-state index in [0.29, 0.717) is 13.0 Å². The summed E-state index contributed by atoms with van der Waals surface area (Å²) in [6, 6.07) is 0. The summed E-state index contributed by atoms with van der Waals surface area (Å²) in [5.41, 5.74) is 0.